The summed E-state index contributed by atoms with van der Waals surface area (Å²) in [6, 6.07) is 5.66. The van der Waals surface area contributed by atoms with Crippen LogP contribution in [0.4, 0.5) is 5.69 Å². The number of amides is 1. The highest BCUT2D eigenvalue weighted by Crippen LogP contribution is 2.34. The Morgan fingerprint density at radius 1 is 1.19 bits per heavy atom. The summed E-state index contributed by atoms with van der Waals surface area (Å²) in [6.45, 7) is 4.22. The third-order valence-corrected chi connectivity index (χ3v) is 5.49. The maximum absolute atomic E-state index is 12.8. The molecule has 0 bridgehead atoms. The molecule has 5 heteroatoms. The number of unbranched alkanes of at least 4 members (excludes halogenated alkanes) is 1. The maximum Gasteiger partial charge on any atom is 0.241 e. The number of likely N-dealkylation sites (tertiary alicyclic amines) is 1. The lowest BCUT2D eigenvalue weighted by molar-refractivity contribution is -0.120. The van der Waals surface area contributed by atoms with E-state index in [1.165, 1.54) is 12.8 Å². The minimum Gasteiger partial charge on any atom is -0.493 e. The number of rotatable bonds is 8. The van der Waals surface area contributed by atoms with Gasteiger partial charge in [0.1, 0.15) is 0 Å². The predicted octanol–water partition coefficient (Wildman–Crippen LogP) is 4.22. The van der Waals surface area contributed by atoms with E-state index in [2.05, 4.69) is 17.1 Å². The average molecular weight is 360 g/mol. The molecule has 26 heavy (non-hydrogen) atoms. The van der Waals surface area contributed by atoms with Crippen LogP contribution in [0.15, 0.2) is 18.2 Å². The van der Waals surface area contributed by atoms with Crippen LogP contribution in [0.25, 0.3) is 0 Å². The van der Waals surface area contributed by atoms with Gasteiger partial charge >= 0.3 is 0 Å². The molecule has 1 aromatic carbocycles. The second-order valence-corrected chi connectivity index (χ2v) is 7.43. The molecule has 0 radical (unpaired) electrons. The lowest BCUT2D eigenvalue weighted by Gasteiger charge is -2.23. The Bertz CT molecular complexity index is 599. The van der Waals surface area contributed by atoms with Crippen LogP contribution in [0.2, 0.25) is 0 Å². The lowest BCUT2D eigenvalue weighted by atomic mass is 10.2. The molecule has 2 fully saturated rings. The third kappa shape index (κ3) is 4.70. The number of carbonyl (C=O) groups excluding carboxylic acids is 1. The molecule has 3 rings (SSSR count). The SMILES string of the molecule is CCCCN1CCCC1C(=O)Nc1ccc(OC)c(OC2CCCC2)c1. The van der Waals surface area contributed by atoms with E-state index in [1.54, 1.807) is 7.11 Å². The molecule has 0 spiro atoms. The third-order valence-electron chi connectivity index (χ3n) is 5.49. The van der Waals surface area contributed by atoms with Gasteiger partial charge in [-0.2, -0.15) is 0 Å². The number of ether oxygens (including phenoxy) is 2. The fraction of sp³-hybridized carbons (Fsp3) is 0.667. The van der Waals surface area contributed by atoms with E-state index in [0.717, 1.165) is 68.8 Å². The zero-order chi connectivity index (χ0) is 18.4. The summed E-state index contributed by atoms with van der Waals surface area (Å²) in [6.07, 6.45) is 9.23. The van der Waals surface area contributed by atoms with Crippen molar-refractivity contribution < 1.29 is 14.3 Å². The Balaban J connectivity index is 1.65. The van der Waals surface area contributed by atoms with Crippen molar-refractivity contribution in [3.8, 4) is 11.5 Å². The molecule has 1 saturated heterocycles. The summed E-state index contributed by atoms with van der Waals surface area (Å²) in [5.41, 5.74) is 0.783. The fourth-order valence-electron chi connectivity index (χ4n) is 4.01. The molecule has 1 aliphatic heterocycles. The monoisotopic (exact) mass is 360 g/mol. The minimum absolute atomic E-state index is 0.0112. The van der Waals surface area contributed by atoms with Gasteiger partial charge in [-0.3, -0.25) is 9.69 Å². The van der Waals surface area contributed by atoms with Gasteiger partial charge in [0, 0.05) is 11.8 Å². The first-order valence-electron chi connectivity index (χ1n) is 10.1. The Morgan fingerprint density at radius 2 is 2.00 bits per heavy atom. The van der Waals surface area contributed by atoms with Gasteiger partial charge in [0.15, 0.2) is 11.5 Å². The predicted molar refractivity (Wildman–Crippen MR) is 104 cm³/mol. The average Bonchev–Trinajstić information content (AvgIpc) is 3.32. The number of hydrogen-bond donors (Lipinski definition) is 1. The Morgan fingerprint density at radius 3 is 2.73 bits per heavy atom. The number of nitrogens with one attached hydrogen (secondary N) is 1. The largest absolute Gasteiger partial charge is 0.493 e. The number of carbonyl (C=O) groups is 1. The second-order valence-electron chi connectivity index (χ2n) is 7.43. The Kier molecular flexibility index (Phi) is 6.78. The van der Waals surface area contributed by atoms with Crippen molar-refractivity contribution in [2.75, 3.05) is 25.5 Å². The summed E-state index contributed by atoms with van der Waals surface area (Å²) in [5.74, 6) is 1.54. The molecule has 1 amide bonds. The Hall–Kier alpha value is -1.75. The van der Waals surface area contributed by atoms with Gasteiger partial charge in [-0.1, -0.05) is 13.3 Å². The summed E-state index contributed by atoms with van der Waals surface area (Å²) < 4.78 is 11.6. The zero-order valence-corrected chi connectivity index (χ0v) is 16.1. The molecule has 1 N–H and O–H groups in total. The van der Waals surface area contributed by atoms with Crippen LogP contribution in [0.1, 0.15) is 58.3 Å². The molecule has 1 unspecified atom stereocenters. The van der Waals surface area contributed by atoms with Gasteiger partial charge in [-0.25, -0.2) is 0 Å². The summed E-state index contributed by atoms with van der Waals surface area (Å²) in [7, 11) is 1.65. The van der Waals surface area contributed by atoms with Gasteiger partial charge in [0.05, 0.1) is 19.3 Å². The van der Waals surface area contributed by atoms with Crippen molar-refractivity contribution in [2.45, 2.75) is 70.4 Å². The number of nitrogens with zero attached hydrogens (tertiary/aromatic N) is 1. The summed E-state index contributed by atoms with van der Waals surface area (Å²) >= 11 is 0. The molecule has 1 atom stereocenters. The first-order valence-corrected chi connectivity index (χ1v) is 10.1. The zero-order valence-electron chi connectivity index (χ0n) is 16.1. The molecule has 1 heterocycles. The highest BCUT2D eigenvalue weighted by atomic mass is 16.5. The molecular formula is C21H32N2O3. The van der Waals surface area contributed by atoms with Crippen LogP contribution in [0, 0.1) is 0 Å². The van der Waals surface area contributed by atoms with E-state index in [-0.39, 0.29) is 18.1 Å². The topological polar surface area (TPSA) is 50.8 Å². The van der Waals surface area contributed by atoms with Gasteiger partial charge in [-0.15, -0.1) is 0 Å². The summed E-state index contributed by atoms with van der Waals surface area (Å²) in [5, 5.41) is 3.09. The smallest absolute Gasteiger partial charge is 0.241 e. The molecule has 5 nitrogen and oxygen atoms in total. The molecule has 144 valence electrons. The highest BCUT2D eigenvalue weighted by molar-refractivity contribution is 5.95. The van der Waals surface area contributed by atoms with E-state index in [1.807, 2.05) is 18.2 Å². The molecule has 0 aromatic heterocycles. The van der Waals surface area contributed by atoms with Gasteiger partial charge in [0.2, 0.25) is 5.91 Å². The maximum atomic E-state index is 12.8. The molecule has 1 saturated carbocycles. The minimum atomic E-state index is -0.0112. The lowest BCUT2D eigenvalue weighted by Crippen LogP contribution is -2.40. The van der Waals surface area contributed by atoms with Crippen LogP contribution >= 0.6 is 0 Å². The van der Waals surface area contributed by atoms with Gasteiger partial charge in [-0.05, 0) is 70.2 Å². The molecule has 2 aliphatic rings. The quantitative estimate of drug-likeness (QED) is 0.754. The van der Waals surface area contributed by atoms with E-state index >= 15 is 0 Å². The standard InChI is InChI=1S/C21H32N2O3/c1-3-4-13-23-14-7-10-18(23)21(24)22-16-11-12-19(25-2)20(15-16)26-17-8-5-6-9-17/h11-12,15,17-18H,3-10,13-14H2,1-2H3,(H,22,24). The van der Waals surface area contributed by atoms with E-state index in [4.69, 9.17) is 9.47 Å². The van der Waals surface area contributed by atoms with Crippen LogP contribution in [0.5, 0.6) is 11.5 Å². The fourth-order valence-corrected chi connectivity index (χ4v) is 4.01. The van der Waals surface area contributed by atoms with Crippen molar-refractivity contribution >= 4 is 11.6 Å². The highest BCUT2D eigenvalue weighted by Gasteiger charge is 2.30. The molecule has 1 aliphatic carbocycles. The Labute approximate surface area is 157 Å². The first kappa shape index (κ1) is 19.0. The summed E-state index contributed by atoms with van der Waals surface area (Å²) in [4.78, 5) is 15.1. The number of hydrogen-bond acceptors (Lipinski definition) is 4. The van der Waals surface area contributed by atoms with Crippen molar-refractivity contribution in [2.24, 2.45) is 0 Å². The normalized spacial score (nSPS) is 21.1. The van der Waals surface area contributed by atoms with Crippen LogP contribution in [0.3, 0.4) is 0 Å². The molecule has 1 aromatic rings. The second kappa shape index (κ2) is 9.26. The van der Waals surface area contributed by atoms with Gasteiger partial charge in [0.25, 0.3) is 0 Å². The van der Waals surface area contributed by atoms with E-state index in [0.29, 0.717) is 0 Å². The number of anilines is 1. The van der Waals surface area contributed by atoms with E-state index in [9.17, 15) is 4.79 Å². The van der Waals surface area contributed by atoms with Crippen molar-refractivity contribution in [1.82, 2.24) is 4.90 Å². The van der Waals surface area contributed by atoms with Gasteiger partial charge < -0.3 is 14.8 Å². The van der Waals surface area contributed by atoms with Crippen LogP contribution < -0.4 is 14.8 Å². The van der Waals surface area contributed by atoms with Crippen molar-refractivity contribution in [1.29, 1.82) is 0 Å². The van der Waals surface area contributed by atoms with Crippen molar-refractivity contribution in [3.63, 3.8) is 0 Å². The van der Waals surface area contributed by atoms with Crippen LogP contribution in [-0.2, 0) is 4.79 Å². The van der Waals surface area contributed by atoms with Crippen LogP contribution in [-0.4, -0.2) is 43.2 Å². The van der Waals surface area contributed by atoms with E-state index < -0.39 is 0 Å². The first-order chi connectivity index (χ1) is 12.7. The number of methoxy groups -OCH3 is 1. The number of benzene rings is 1. The van der Waals surface area contributed by atoms with Crippen molar-refractivity contribution in [3.05, 3.63) is 18.2 Å². The molecular weight excluding hydrogens is 328 g/mol.